The van der Waals surface area contributed by atoms with Gasteiger partial charge in [0.1, 0.15) is 79.4 Å². The van der Waals surface area contributed by atoms with Crippen LogP contribution in [-0.2, 0) is 38.0 Å². The van der Waals surface area contributed by atoms with Gasteiger partial charge < -0.3 is 90.2 Å². The third-order valence-electron chi connectivity index (χ3n) is 8.97. The highest BCUT2D eigenvalue weighted by atomic mass is 16.8. The Balaban J connectivity index is 1.86. The lowest BCUT2D eigenvalue weighted by molar-refractivity contribution is -0.388. The number of amides is 1. The van der Waals surface area contributed by atoms with Crippen LogP contribution in [-0.4, -0.2) is 195 Å². The molecule has 0 spiro atoms. The number of aliphatic hydroxyl groups is 9. The van der Waals surface area contributed by atoms with Crippen LogP contribution in [0.5, 0.6) is 0 Å². The fourth-order valence-electron chi connectivity index (χ4n) is 6.17. The molecular weight excluding hydrogens is 672 g/mol. The van der Waals surface area contributed by atoms with Gasteiger partial charge >= 0.3 is 0 Å². The maximum absolute atomic E-state index is 12.1. The summed E-state index contributed by atoms with van der Waals surface area (Å²) >= 11 is 0. The summed E-state index contributed by atoms with van der Waals surface area (Å²) in [5, 5.41) is 98.0. The van der Waals surface area contributed by atoms with E-state index in [0.29, 0.717) is 25.8 Å². The number of ether oxygens (including phenoxy) is 7. The maximum atomic E-state index is 12.1. The first-order chi connectivity index (χ1) is 23.6. The van der Waals surface area contributed by atoms with Gasteiger partial charge in [-0.15, -0.1) is 0 Å². The van der Waals surface area contributed by atoms with E-state index in [1.165, 1.54) is 0 Å². The summed E-state index contributed by atoms with van der Waals surface area (Å²) in [6.45, 7) is 4.89. The second-order valence-electron chi connectivity index (χ2n) is 13.6. The smallest absolute Gasteiger partial charge is 0.220 e. The lowest BCUT2D eigenvalue weighted by Crippen LogP contribution is -2.69. The Labute approximate surface area is 291 Å². The molecule has 1 amide bonds. The number of carbonyl (C=O) groups is 1. The summed E-state index contributed by atoms with van der Waals surface area (Å²) in [6, 6.07) is 0. The minimum atomic E-state index is -1.86. The van der Waals surface area contributed by atoms with Crippen LogP contribution in [0.1, 0.15) is 47.0 Å². The Hall–Kier alpha value is -1.21. The first kappa shape index (κ1) is 43.2. The lowest BCUT2D eigenvalue weighted by atomic mass is 9.86. The molecule has 0 aromatic rings. The van der Waals surface area contributed by atoms with Gasteiger partial charge in [-0.05, 0) is 47.1 Å². The van der Waals surface area contributed by atoms with Crippen LogP contribution >= 0.6 is 0 Å². The molecule has 0 aromatic heterocycles. The molecule has 19 nitrogen and oxygen atoms in total. The minimum Gasteiger partial charge on any atom is -0.394 e. The molecule has 3 aliphatic rings. The van der Waals surface area contributed by atoms with Crippen molar-refractivity contribution in [3.63, 3.8) is 0 Å². The summed E-state index contributed by atoms with van der Waals surface area (Å²) in [5.41, 5.74) is 4.13. The highest BCUT2D eigenvalue weighted by Gasteiger charge is 2.56. The van der Waals surface area contributed by atoms with E-state index in [9.17, 15) is 50.8 Å². The molecule has 0 aromatic carbocycles. The topological polar surface area (TPSA) is 302 Å². The molecule has 0 aliphatic carbocycles. The van der Waals surface area contributed by atoms with Gasteiger partial charge in [-0.25, -0.2) is 0 Å². The summed E-state index contributed by atoms with van der Waals surface area (Å²) in [4.78, 5) is 12.1. The second-order valence-corrected chi connectivity index (χ2v) is 13.6. The van der Waals surface area contributed by atoms with Gasteiger partial charge in [0.05, 0.1) is 38.1 Å². The molecule has 3 fully saturated rings. The number of rotatable bonds is 18. The average Bonchev–Trinajstić information content (AvgIpc) is 3.07. The first-order valence-electron chi connectivity index (χ1n) is 17.1. The van der Waals surface area contributed by atoms with Gasteiger partial charge in [0.15, 0.2) is 12.6 Å². The van der Waals surface area contributed by atoms with Crippen LogP contribution in [0.3, 0.4) is 0 Å². The summed E-state index contributed by atoms with van der Waals surface area (Å²) in [6.07, 6.45) is -22.3. The molecule has 12 N–H and O–H groups in total. The van der Waals surface area contributed by atoms with E-state index in [1.54, 1.807) is 27.7 Å². The van der Waals surface area contributed by atoms with Crippen LogP contribution in [0, 0.1) is 0 Å². The molecule has 15 atom stereocenters. The van der Waals surface area contributed by atoms with Crippen molar-refractivity contribution < 1.29 is 83.9 Å². The second kappa shape index (κ2) is 19.7. The molecule has 3 heterocycles. The molecule has 8 unspecified atom stereocenters. The Morgan fingerprint density at radius 2 is 1.28 bits per heavy atom. The van der Waals surface area contributed by atoms with E-state index in [0.717, 1.165) is 0 Å². The predicted octanol–water partition coefficient (Wildman–Crippen LogP) is -5.05. The predicted molar refractivity (Wildman–Crippen MR) is 169 cm³/mol. The van der Waals surface area contributed by atoms with Crippen LogP contribution in [0.4, 0.5) is 0 Å². The van der Waals surface area contributed by atoms with Crippen molar-refractivity contribution >= 4 is 5.91 Å². The SMILES string of the molecule is CC(C)OC1C(O)[C@H](OC2C(O)[C@@H](O)C(CO)O[C@@H]2OC2C(O)[C@@H](O)C(CO)O[C@@H]2C(C)(C)OCCNC(=O)CCCCN)O[C@H](CO)[C@H]1O. The molecule has 3 saturated heterocycles. The van der Waals surface area contributed by atoms with Crippen molar-refractivity contribution in [3.8, 4) is 0 Å². The first-order valence-corrected chi connectivity index (χ1v) is 17.1. The standard InChI is InChI=1S/C31H58N2O17/c1-14(2)45-25-21(40)17(13-36)47-29(24(25)43)50-27-23(42)20(39)16(12-35)48-30(27)49-26-22(41)19(38)15(11-34)46-28(26)31(3,4)44-10-9-33-18(37)7-5-6-8-32/h14-17,19-30,34-36,38-43H,5-13,32H2,1-4H3,(H,33,37)/t15?,16?,17-,19+,20+,21-,22?,23?,24?,25?,26?,27?,28+,29+,30-/m1/s1. The van der Waals surface area contributed by atoms with Crippen LogP contribution in [0.2, 0.25) is 0 Å². The zero-order chi connectivity index (χ0) is 37.3. The fourth-order valence-corrected chi connectivity index (χ4v) is 6.17. The number of hydrogen-bond donors (Lipinski definition) is 11. The average molecular weight is 731 g/mol. The zero-order valence-electron chi connectivity index (χ0n) is 29.0. The van der Waals surface area contributed by atoms with Gasteiger partial charge in [-0.1, -0.05) is 0 Å². The molecular formula is C31H58N2O17. The number of carbonyl (C=O) groups excluding carboxylic acids is 1. The molecule has 294 valence electrons. The highest BCUT2D eigenvalue weighted by molar-refractivity contribution is 5.75. The molecule has 50 heavy (non-hydrogen) atoms. The fraction of sp³-hybridized carbons (Fsp3) is 0.968. The van der Waals surface area contributed by atoms with Crippen molar-refractivity contribution in [2.24, 2.45) is 5.73 Å². The Kier molecular flexibility index (Phi) is 17.1. The molecule has 3 rings (SSSR count). The van der Waals surface area contributed by atoms with Crippen molar-refractivity contribution in [2.45, 2.75) is 151 Å². The quantitative estimate of drug-likeness (QED) is 0.0588. The maximum Gasteiger partial charge on any atom is 0.220 e. The Morgan fingerprint density at radius 3 is 1.86 bits per heavy atom. The van der Waals surface area contributed by atoms with E-state index in [2.05, 4.69) is 5.32 Å². The minimum absolute atomic E-state index is 0.0117. The molecule has 0 radical (unpaired) electrons. The van der Waals surface area contributed by atoms with Gasteiger partial charge in [-0.3, -0.25) is 4.79 Å². The molecule has 19 heteroatoms. The third kappa shape index (κ3) is 10.7. The van der Waals surface area contributed by atoms with Crippen LogP contribution < -0.4 is 11.1 Å². The van der Waals surface area contributed by atoms with Gasteiger partial charge in [0, 0.05) is 13.0 Å². The summed E-state index contributed by atoms with van der Waals surface area (Å²) in [7, 11) is 0. The van der Waals surface area contributed by atoms with Crippen molar-refractivity contribution in [2.75, 3.05) is 39.5 Å². The summed E-state index contributed by atoms with van der Waals surface area (Å²) < 4.78 is 41.1. The number of aliphatic hydroxyl groups excluding tert-OH is 9. The zero-order valence-corrected chi connectivity index (χ0v) is 29.0. The molecule has 0 bridgehead atoms. The third-order valence-corrected chi connectivity index (χ3v) is 8.97. The van der Waals surface area contributed by atoms with Crippen molar-refractivity contribution in [1.82, 2.24) is 5.32 Å². The van der Waals surface area contributed by atoms with Gasteiger partial charge in [0.25, 0.3) is 0 Å². The highest BCUT2D eigenvalue weighted by Crippen LogP contribution is 2.36. The van der Waals surface area contributed by atoms with E-state index < -0.39 is 123 Å². The number of nitrogens with one attached hydrogen (secondary N) is 1. The van der Waals surface area contributed by atoms with Crippen LogP contribution in [0.25, 0.3) is 0 Å². The number of nitrogens with two attached hydrogens (primary N) is 1. The van der Waals surface area contributed by atoms with E-state index in [1.807, 2.05) is 0 Å². The lowest BCUT2D eigenvalue weighted by Gasteiger charge is -2.51. The van der Waals surface area contributed by atoms with Gasteiger partial charge in [0.2, 0.25) is 5.91 Å². The van der Waals surface area contributed by atoms with E-state index in [-0.39, 0.29) is 19.1 Å². The van der Waals surface area contributed by atoms with Gasteiger partial charge in [-0.2, -0.15) is 0 Å². The molecule has 0 saturated carbocycles. The van der Waals surface area contributed by atoms with E-state index in [4.69, 9.17) is 38.9 Å². The van der Waals surface area contributed by atoms with E-state index >= 15 is 0 Å². The van der Waals surface area contributed by atoms with Crippen LogP contribution in [0.15, 0.2) is 0 Å². The number of hydrogen-bond acceptors (Lipinski definition) is 18. The Bertz CT molecular complexity index is 1010. The monoisotopic (exact) mass is 730 g/mol. The molecule has 3 aliphatic heterocycles. The number of unbranched alkanes of at least 4 members (excludes halogenated alkanes) is 1. The normalized spacial score (nSPS) is 39.9. The largest absolute Gasteiger partial charge is 0.394 e. The summed E-state index contributed by atoms with van der Waals surface area (Å²) in [5.74, 6) is -0.192. The van der Waals surface area contributed by atoms with Crippen molar-refractivity contribution in [1.29, 1.82) is 0 Å². The Morgan fingerprint density at radius 1 is 0.740 bits per heavy atom. The van der Waals surface area contributed by atoms with Crippen molar-refractivity contribution in [3.05, 3.63) is 0 Å².